The second-order valence-corrected chi connectivity index (χ2v) is 4.78. The van der Waals surface area contributed by atoms with Gasteiger partial charge in [-0.1, -0.05) is 30.9 Å². The van der Waals surface area contributed by atoms with E-state index < -0.39 is 0 Å². The molecule has 1 rings (SSSR count). The third-order valence-corrected chi connectivity index (χ3v) is 2.77. The average molecular weight is 244 g/mol. The molecule has 2 heteroatoms. The number of anilines is 1. The quantitative estimate of drug-likeness (QED) is 0.815. The molecule has 98 valence electrons. The predicted molar refractivity (Wildman–Crippen MR) is 80.6 cm³/mol. The number of rotatable bonds is 6. The molecule has 0 aliphatic rings. The topological polar surface area (TPSA) is 15.3 Å². The molecule has 0 saturated heterocycles. The second kappa shape index (κ2) is 6.90. The lowest BCUT2D eigenvalue weighted by molar-refractivity contribution is 0.694. The summed E-state index contributed by atoms with van der Waals surface area (Å²) in [5.74, 6) is 0. The van der Waals surface area contributed by atoms with E-state index >= 15 is 0 Å². The summed E-state index contributed by atoms with van der Waals surface area (Å²) < 4.78 is 0. The van der Waals surface area contributed by atoms with E-state index in [1.54, 1.807) is 0 Å². The fraction of sp³-hybridized carbons (Fsp3) is 0.375. The molecule has 1 N–H and O–H groups in total. The Kier molecular flexibility index (Phi) is 5.50. The Hall–Kier alpha value is -1.70. The van der Waals surface area contributed by atoms with Gasteiger partial charge in [-0.25, -0.2) is 0 Å². The third kappa shape index (κ3) is 4.28. The van der Waals surface area contributed by atoms with Crippen LogP contribution in [0.1, 0.15) is 27.7 Å². The Morgan fingerprint density at radius 1 is 1.33 bits per heavy atom. The largest absolute Gasteiger partial charge is 0.363 e. The maximum atomic E-state index is 3.90. The van der Waals surface area contributed by atoms with E-state index in [0.29, 0.717) is 6.04 Å². The molecule has 18 heavy (non-hydrogen) atoms. The van der Waals surface area contributed by atoms with Crippen LogP contribution in [0.3, 0.4) is 0 Å². The lowest BCUT2D eigenvalue weighted by Gasteiger charge is -2.30. The van der Waals surface area contributed by atoms with Crippen molar-refractivity contribution < 1.29 is 0 Å². The summed E-state index contributed by atoms with van der Waals surface area (Å²) in [6.07, 6.45) is 2.10. The minimum absolute atomic E-state index is 0.453. The number of hydrogen-bond acceptors (Lipinski definition) is 2. The van der Waals surface area contributed by atoms with Crippen molar-refractivity contribution >= 4 is 5.69 Å². The van der Waals surface area contributed by atoms with E-state index in [-0.39, 0.29) is 0 Å². The van der Waals surface area contributed by atoms with E-state index in [1.165, 1.54) is 11.4 Å². The summed E-state index contributed by atoms with van der Waals surface area (Å²) in [5, 5.41) is 3.31. The summed E-state index contributed by atoms with van der Waals surface area (Å²) in [4.78, 5) is 2.37. The highest BCUT2D eigenvalue weighted by atomic mass is 15.2. The first-order valence-electron chi connectivity index (χ1n) is 6.44. The molecule has 2 nitrogen and oxygen atoms in total. The highest BCUT2D eigenvalue weighted by Gasteiger charge is 2.11. The fourth-order valence-corrected chi connectivity index (χ4v) is 1.85. The predicted octanol–water partition coefficient (Wildman–Crippen LogP) is 3.93. The summed E-state index contributed by atoms with van der Waals surface area (Å²) >= 11 is 0. The van der Waals surface area contributed by atoms with Crippen molar-refractivity contribution in [2.24, 2.45) is 0 Å². The molecule has 0 radical (unpaired) electrons. The lowest BCUT2D eigenvalue weighted by atomic mass is 10.2. The van der Waals surface area contributed by atoms with E-state index in [4.69, 9.17) is 0 Å². The van der Waals surface area contributed by atoms with Crippen LogP contribution in [0, 0.1) is 0 Å². The number of nitrogens with one attached hydrogen (secondary N) is 1. The van der Waals surface area contributed by atoms with Crippen LogP contribution in [-0.2, 0) is 0 Å². The highest BCUT2D eigenvalue weighted by molar-refractivity contribution is 5.48. The van der Waals surface area contributed by atoms with Crippen molar-refractivity contribution in [2.45, 2.75) is 33.7 Å². The fourth-order valence-electron chi connectivity index (χ4n) is 1.85. The SMILES string of the molecule is C=C(C)N/C(=C\C)CN(c1ccccc1)C(C)C. The first kappa shape index (κ1) is 14.4. The van der Waals surface area contributed by atoms with Crippen LogP contribution in [0.4, 0.5) is 5.69 Å². The maximum absolute atomic E-state index is 3.90. The number of allylic oxidation sites excluding steroid dienone is 2. The van der Waals surface area contributed by atoms with Crippen LogP contribution in [0.5, 0.6) is 0 Å². The number of benzene rings is 1. The molecular weight excluding hydrogens is 220 g/mol. The van der Waals surface area contributed by atoms with Crippen LogP contribution >= 0.6 is 0 Å². The van der Waals surface area contributed by atoms with Crippen molar-refractivity contribution in [1.29, 1.82) is 0 Å². The molecule has 0 fully saturated rings. The molecule has 0 aromatic heterocycles. The van der Waals surface area contributed by atoms with Crippen molar-refractivity contribution in [1.82, 2.24) is 5.32 Å². The van der Waals surface area contributed by atoms with Crippen molar-refractivity contribution in [3.05, 3.63) is 54.4 Å². The monoisotopic (exact) mass is 244 g/mol. The standard InChI is InChI=1S/C16H24N2/c1-6-15(17-13(2)3)12-18(14(4)5)16-10-8-7-9-11-16/h6-11,14,17H,2,12H2,1,3-5H3/b15-6-. The van der Waals surface area contributed by atoms with Gasteiger partial charge in [-0.05, 0) is 39.8 Å². The molecule has 0 saturated carbocycles. The van der Waals surface area contributed by atoms with Gasteiger partial charge in [-0.15, -0.1) is 0 Å². The molecule has 0 unspecified atom stereocenters. The van der Waals surface area contributed by atoms with Gasteiger partial charge in [-0.3, -0.25) is 0 Å². The first-order valence-corrected chi connectivity index (χ1v) is 6.44. The Balaban J connectivity index is 2.84. The molecule has 0 aliphatic carbocycles. The second-order valence-electron chi connectivity index (χ2n) is 4.78. The van der Waals surface area contributed by atoms with Gasteiger partial charge >= 0.3 is 0 Å². The summed E-state index contributed by atoms with van der Waals surface area (Å²) in [7, 11) is 0. The smallest absolute Gasteiger partial charge is 0.0579 e. The molecule has 0 atom stereocenters. The number of nitrogens with zero attached hydrogens (tertiary/aromatic N) is 1. The molecule has 0 bridgehead atoms. The molecule has 1 aromatic carbocycles. The molecule has 0 heterocycles. The zero-order chi connectivity index (χ0) is 13.5. The van der Waals surface area contributed by atoms with Gasteiger partial charge in [0.25, 0.3) is 0 Å². The third-order valence-electron chi connectivity index (χ3n) is 2.77. The van der Waals surface area contributed by atoms with Gasteiger partial charge in [0.2, 0.25) is 0 Å². The Labute approximate surface area is 111 Å². The average Bonchev–Trinajstić information content (AvgIpc) is 2.34. The molecule has 0 aliphatic heterocycles. The van der Waals surface area contributed by atoms with Crippen LogP contribution in [-0.4, -0.2) is 12.6 Å². The van der Waals surface area contributed by atoms with Gasteiger partial charge in [0.1, 0.15) is 0 Å². The number of para-hydroxylation sites is 1. The molecular formula is C16H24N2. The van der Waals surface area contributed by atoms with Gasteiger partial charge < -0.3 is 10.2 Å². The highest BCUT2D eigenvalue weighted by Crippen LogP contribution is 2.17. The summed E-state index contributed by atoms with van der Waals surface area (Å²) in [5.41, 5.74) is 3.40. The van der Waals surface area contributed by atoms with Crippen LogP contribution < -0.4 is 10.2 Å². The lowest BCUT2D eigenvalue weighted by Crippen LogP contribution is -2.35. The summed E-state index contributed by atoms with van der Waals surface area (Å²) in [6.45, 7) is 13.2. The minimum atomic E-state index is 0.453. The zero-order valence-electron chi connectivity index (χ0n) is 11.9. The van der Waals surface area contributed by atoms with Crippen LogP contribution in [0.2, 0.25) is 0 Å². The van der Waals surface area contributed by atoms with E-state index in [1.807, 2.05) is 13.0 Å². The van der Waals surface area contributed by atoms with E-state index in [0.717, 1.165) is 12.2 Å². The number of hydrogen-bond donors (Lipinski definition) is 1. The molecule has 0 amide bonds. The van der Waals surface area contributed by atoms with Crippen molar-refractivity contribution in [3.63, 3.8) is 0 Å². The molecule has 1 aromatic rings. The molecule has 0 spiro atoms. The maximum Gasteiger partial charge on any atom is 0.0579 e. The Morgan fingerprint density at radius 2 is 1.94 bits per heavy atom. The van der Waals surface area contributed by atoms with E-state index in [2.05, 4.69) is 67.9 Å². The van der Waals surface area contributed by atoms with Gasteiger partial charge in [0.05, 0.1) is 6.54 Å². The first-order chi connectivity index (χ1) is 8.54. The summed E-state index contributed by atoms with van der Waals surface area (Å²) in [6, 6.07) is 10.9. The Bertz CT molecular complexity index is 404. The van der Waals surface area contributed by atoms with Crippen LogP contribution in [0.25, 0.3) is 0 Å². The van der Waals surface area contributed by atoms with Gasteiger partial charge in [0.15, 0.2) is 0 Å². The Morgan fingerprint density at radius 3 is 2.39 bits per heavy atom. The van der Waals surface area contributed by atoms with Gasteiger partial charge in [-0.2, -0.15) is 0 Å². The van der Waals surface area contributed by atoms with Gasteiger partial charge in [0, 0.05) is 23.1 Å². The van der Waals surface area contributed by atoms with Crippen molar-refractivity contribution in [3.8, 4) is 0 Å². The zero-order valence-corrected chi connectivity index (χ0v) is 11.9. The normalized spacial score (nSPS) is 11.5. The van der Waals surface area contributed by atoms with Crippen LogP contribution in [0.15, 0.2) is 54.4 Å². The van der Waals surface area contributed by atoms with E-state index in [9.17, 15) is 0 Å². The van der Waals surface area contributed by atoms with Crippen molar-refractivity contribution in [2.75, 3.05) is 11.4 Å². The minimum Gasteiger partial charge on any atom is -0.363 e.